The van der Waals surface area contributed by atoms with Crippen molar-refractivity contribution >= 4 is 21.6 Å². The second-order valence-electron chi connectivity index (χ2n) is 4.13. The van der Waals surface area contributed by atoms with Crippen LogP contribution in [0.4, 0.5) is 5.69 Å². The molecule has 1 aromatic carbocycles. The molecule has 0 bridgehead atoms. The van der Waals surface area contributed by atoms with E-state index in [-0.39, 0.29) is 0 Å². The van der Waals surface area contributed by atoms with Crippen molar-refractivity contribution in [3.05, 3.63) is 28.2 Å². The molecule has 0 saturated carbocycles. The maximum absolute atomic E-state index is 9.56. The smallest absolute Gasteiger partial charge is 0.0763 e. The monoisotopic (exact) mass is 257 g/mol. The third-order valence-corrected chi connectivity index (χ3v) is 2.40. The first kappa shape index (κ1) is 11.5. The highest BCUT2D eigenvalue weighted by Gasteiger charge is 2.12. The lowest BCUT2D eigenvalue weighted by molar-refractivity contribution is 0.0945. The van der Waals surface area contributed by atoms with Gasteiger partial charge in [0.2, 0.25) is 0 Å². The van der Waals surface area contributed by atoms with E-state index < -0.39 is 5.60 Å². The van der Waals surface area contributed by atoms with Crippen LogP contribution in [-0.2, 0) is 0 Å². The Bertz CT molecular complexity index is 318. The van der Waals surface area contributed by atoms with Crippen LogP contribution in [0.15, 0.2) is 22.7 Å². The fraction of sp³-hybridized carbons (Fsp3) is 0.455. The minimum atomic E-state index is -0.686. The van der Waals surface area contributed by atoms with Crippen molar-refractivity contribution in [2.24, 2.45) is 0 Å². The Kier molecular flexibility index (Phi) is 3.56. The van der Waals surface area contributed by atoms with Gasteiger partial charge in [-0.3, -0.25) is 0 Å². The van der Waals surface area contributed by atoms with Gasteiger partial charge in [-0.05, 0) is 38.5 Å². The van der Waals surface area contributed by atoms with Crippen molar-refractivity contribution < 1.29 is 5.11 Å². The predicted octanol–water partition coefficient (Wildman–Crippen LogP) is 2.94. The molecule has 2 N–H and O–H groups in total. The van der Waals surface area contributed by atoms with Gasteiger partial charge >= 0.3 is 0 Å². The Morgan fingerprint density at radius 3 is 2.64 bits per heavy atom. The fourth-order valence-corrected chi connectivity index (χ4v) is 1.46. The standard InChI is InChI=1S/C11H16BrNO/c1-8-4-5-9(12)6-10(8)13-7-11(2,3)14/h4-6,13-14H,7H2,1-3H3. The van der Waals surface area contributed by atoms with Crippen LogP contribution in [0, 0.1) is 6.92 Å². The van der Waals surface area contributed by atoms with Crippen molar-refractivity contribution in [1.82, 2.24) is 0 Å². The van der Waals surface area contributed by atoms with Crippen molar-refractivity contribution in [2.45, 2.75) is 26.4 Å². The predicted molar refractivity (Wildman–Crippen MR) is 63.7 cm³/mol. The van der Waals surface area contributed by atoms with Gasteiger partial charge in [-0.1, -0.05) is 22.0 Å². The second kappa shape index (κ2) is 4.32. The van der Waals surface area contributed by atoms with Crippen LogP contribution in [0.25, 0.3) is 0 Å². The number of aryl methyl sites for hydroxylation is 1. The lowest BCUT2D eigenvalue weighted by Gasteiger charge is -2.19. The zero-order chi connectivity index (χ0) is 10.8. The van der Waals surface area contributed by atoms with E-state index in [2.05, 4.69) is 21.2 Å². The largest absolute Gasteiger partial charge is 0.389 e. The highest BCUT2D eigenvalue weighted by Crippen LogP contribution is 2.21. The van der Waals surface area contributed by atoms with Crippen LogP contribution in [0.5, 0.6) is 0 Å². The third-order valence-electron chi connectivity index (χ3n) is 1.91. The Morgan fingerprint density at radius 2 is 2.07 bits per heavy atom. The van der Waals surface area contributed by atoms with Gasteiger partial charge in [0.15, 0.2) is 0 Å². The molecule has 0 aliphatic carbocycles. The van der Waals surface area contributed by atoms with Gasteiger partial charge in [0.1, 0.15) is 0 Å². The molecule has 0 aliphatic heterocycles. The highest BCUT2D eigenvalue weighted by atomic mass is 79.9. The number of halogens is 1. The molecular weight excluding hydrogens is 242 g/mol. The molecule has 0 heterocycles. The Hall–Kier alpha value is -0.540. The molecule has 0 aliphatic rings. The summed E-state index contributed by atoms with van der Waals surface area (Å²) >= 11 is 3.41. The molecule has 0 saturated heterocycles. The molecule has 0 radical (unpaired) electrons. The molecule has 78 valence electrons. The van der Waals surface area contributed by atoms with E-state index >= 15 is 0 Å². The highest BCUT2D eigenvalue weighted by molar-refractivity contribution is 9.10. The summed E-state index contributed by atoms with van der Waals surface area (Å²) in [7, 11) is 0. The topological polar surface area (TPSA) is 32.3 Å². The van der Waals surface area contributed by atoms with Crippen molar-refractivity contribution in [1.29, 1.82) is 0 Å². The normalized spacial score (nSPS) is 11.5. The molecule has 14 heavy (non-hydrogen) atoms. The van der Waals surface area contributed by atoms with E-state index in [1.807, 2.05) is 25.1 Å². The first-order valence-corrected chi connectivity index (χ1v) is 5.40. The zero-order valence-corrected chi connectivity index (χ0v) is 10.4. The number of benzene rings is 1. The van der Waals surface area contributed by atoms with Crippen LogP contribution >= 0.6 is 15.9 Å². The van der Waals surface area contributed by atoms with E-state index in [1.165, 1.54) is 5.56 Å². The number of nitrogens with one attached hydrogen (secondary N) is 1. The van der Waals surface area contributed by atoms with Gasteiger partial charge in [-0.15, -0.1) is 0 Å². The Balaban J connectivity index is 2.72. The first-order valence-electron chi connectivity index (χ1n) is 4.61. The van der Waals surface area contributed by atoms with E-state index in [1.54, 1.807) is 13.8 Å². The number of anilines is 1. The minimum Gasteiger partial charge on any atom is -0.389 e. The van der Waals surface area contributed by atoms with E-state index in [9.17, 15) is 5.11 Å². The summed E-state index contributed by atoms with van der Waals surface area (Å²) in [6.07, 6.45) is 0. The van der Waals surface area contributed by atoms with E-state index in [0.29, 0.717) is 6.54 Å². The molecule has 1 aromatic rings. The van der Waals surface area contributed by atoms with Crippen molar-refractivity contribution in [2.75, 3.05) is 11.9 Å². The van der Waals surface area contributed by atoms with Gasteiger partial charge in [0.25, 0.3) is 0 Å². The molecule has 0 amide bonds. The van der Waals surface area contributed by atoms with Crippen molar-refractivity contribution in [3.63, 3.8) is 0 Å². The summed E-state index contributed by atoms with van der Waals surface area (Å²) < 4.78 is 1.04. The molecule has 0 fully saturated rings. The summed E-state index contributed by atoms with van der Waals surface area (Å²) in [6.45, 7) is 6.16. The number of hydrogen-bond donors (Lipinski definition) is 2. The average Bonchev–Trinajstić information content (AvgIpc) is 2.05. The Morgan fingerprint density at radius 1 is 1.43 bits per heavy atom. The molecule has 0 spiro atoms. The molecule has 1 rings (SSSR count). The summed E-state index contributed by atoms with van der Waals surface area (Å²) in [5.41, 5.74) is 1.55. The summed E-state index contributed by atoms with van der Waals surface area (Å²) in [5, 5.41) is 12.8. The van der Waals surface area contributed by atoms with Gasteiger partial charge < -0.3 is 10.4 Å². The van der Waals surface area contributed by atoms with E-state index in [0.717, 1.165) is 10.2 Å². The minimum absolute atomic E-state index is 0.546. The first-order chi connectivity index (χ1) is 6.38. The lowest BCUT2D eigenvalue weighted by atomic mass is 10.1. The maximum atomic E-state index is 9.56. The molecule has 0 aromatic heterocycles. The van der Waals surface area contributed by atoms with Gasteiger partial charge in [-0.2, -0.15) is 0 Å². The lowest BCUT2D eigenvalue weighted by Crippen LogP contribution is -2.29. The van der Waals surface area contributed by atoms with Crippen LogP contribution in [0.1, 0.15) is 19.4 Å². The fourth-order valence-electron chi connectivity index (χ4n) is 1.10. The summed E-state index contributed by atoms with van der Waals surface area (Å²) in [6, 6.07) is 6.06. The molecule has 3 heteroatoms. The molecule has 2 nitrogen and oxygen atoms in total. The average molecular weight is 258 g/mol. The van der Waals surface area contributed by atoms with Crippen molar-refractivity contribution in [3.8, 4) is 0 Å². The van der Waals surface area contributed by atoms with E-state index in [4.69, 9.17) is 0 Å². The quantitative estimate of drug-likeness (QED) is 0.873. The molecule has 0 unspecified atom stereocenters. The maximum Gasteiger partial charge on any atom is 0.0763 e. The van der Waals surface area contributed by atoms with Gasteiger partial charge in [0, 0.05) is 16.7 Å². The third kappa shape index (κ3) is 3.68. The van der Waals surface area contributed by atoms with Gasteiger partial charge in [-0.25, -0.2) is 0 Å². The number of rotatable bonds is 3. The van der Waals surface area contributed by atoms with Gasteiger partial charge in [0.05, 0.1) is 5.60 Å². The Labute approximate surface area is 93.5 Å². The summed E-state index contributed by atoms with van der Waals surface area (Å²) in [5.74, 6) is 0. The molecule has 0 atom stereocenters. The van der Waals surface area contributed by atoms with Crippen LogP contribution in [0.3, 0.4) is 0 Å². The second-order valence-corrected chi connectivity index (χ2v) is 5.04. The molecular formula is C11H16BrNO. The summed E-state index contributed by atoms with van der Waals surface area (Å²) in [4.78, 5) is 0. The SMILES string of the molecule is Cc1ccc(Br)cc1NCC(C)(C)O. The van der Waals surface area contributed by atoms with Crippen LogP contribution in [-0.4, -0.2) is 17.3 Å². The van der Waals surface area contributed by atoms with Crippen LogP contribution in [0.2, 0.25) is 0 Å². The number of aliphatic hydroxyl groups is 1. The van der Waals surface area contributed by atoms with Crippen LogP contribution < -0.4 is 5.32 Å². The zero-order valence-electron chi connectivity index (χ0n) is 8.76. The number of hydrogen-bond acceptors (Lipinski definition) is 2.